The number of carbonyl (C=O) groups excluding carboxylic acids is 2. The fourth-order valence-corrected chi connectivity index (χ4v) is 3.50. The number of thiophene rings is 1. The highest BCUT2D eigenvalue weighted by Crippen LogP contribution is 2.29. The Bertz CT molecular complexity index is 589. The molecule has 0 radical (unpaired) electrons. The van der Waals surface area contributed by atoms with E-state index in [1.54, 1.807) is 0 Å². The van der Waals surface area contributed by atoms with Gasteiger partial charge in [-0.15, -0.1) is 11.3 Å². The SMILES string of the molecule is Cc1cc(C(=O)NC[C@H]2CCN(C)C2)c(NC(=O)C(C)(C)C)s1. The third kappa shape index (κ3) is 4.78. The summed E-state index contributed by atoms with van der Waals surface area (Å²) < 4.78 is 0. The van der Waals surface area contributed by atoms with Gasteiger partial charge >= 0.3 is 0 Å². The van der Waals surface area contributed by atoms with Crippen molar-refractivity contribution in [2.75, 3.05) is 32.0 Å². The highest BCUT2D eigenvalue weighted by Gasteiger charge is 2.25. The number of hydrogen-bond acceptors (Lipinski definition) is 4. The summed E-state index contributed by atoms with van der Waals surface area (Å²) in [6.07, 6.45) is 1.12. The minimum absolute atomic E-state index is 0.0779. The van der Waals surface area contributed by atoms with Crippen LogP contribution in [0, 0.1) is 18.3 Å². The average Bonchev–Trinajstić information content (AvgIpc) is 3.01. The maximum atomic E-state index is 12.5. The fraction of sp³-hybridized carbons (Fsp3) is 0.647. The van der Waals surface area contributed by atoms with Crippen molar-refractivity contribution in [2.24, 2.45) is 11.3 Å². The van der Waals surface area contributed by atoms with Crippen molar-refractivity contribution in [3.05, 3.63) is 16.5 Å². The molecule has 1 aromatic rings. The first-order valence-electron chi connectivity index (χ1n) is 8.05. The van der Waals surface area contributed by atoms with E-state index >= 15 is 0 Å². The van der Waals surface area contributed by atoms with Gasteiger partial charge in [-0.3, -0.25) is 9.59 Å². The van der Waals surface area contributed by atoms with E-state index in [9.17, 15) is 9.59 Å². The van der Waals surface area contributed by atoms with Gasteiger partial charge in [0.2, 0.25) is 5.91 Å². The average molecular weight is 337 g/mol. The first-order chi connectivity index (χ1) is 10.7. The Morgan fingerprint density at radius 2 is 2.09 bits per heavy atom. The molecule has 1 aliphatic heterocycles. The largest absolute Gasteiger partial charge is 0.352 e. The van der Waals surface area contributed by atoms with Crippen LogP contribution in [-0.4, -0.2) is 43.4 Å². The van der Waals surface area contributed by atoms with Crippen molar-refractivity contribution in [3.8, 4) is 0 Å². The van der Waals surface area contributed by atoms with Crippen molar-refractivity contribution in [1.82, 2.24) is 10.2 Å². The summed E-state index contributed by atoms with van der Waals surface area (Å²) in [5, 5.41) is 6.56. The first kappa shape index (κ1) is 17.9. The third-order valence-corrected chi connectivity index (χ3v) is 5.01. The molecule has 0 bridgehead atoms. The van der Waals surface area contributed by atoms with Gasteiger partial charge in [0.05, 0.1) is 5.56 Å². The second-order valence-electron chi connectivity index (χ2n) is 7.43. The molecular weight excluding hydrogens is 310 g/mol. The number of carbonyl (C=O) groups is 2. The van der Waals surface area contributed by atoms with E-state index in [0.29, 0.717) is 23.0 Å². The van der Waals surface area contributed by atoms with Crippen LogP contribution in [0.15, 0.2) is 6.07 Å². The molecule has 6 heteroatoms. The van der Waals surface area contributed by atoms with Crippen LogP contribution < -0.4 is 10.6 Å². The number of nitrogens with zero attached hydrogens (tertiary/aromatic N) is 1. The van der Waals surface area contributed by atoms with Crippen LogP contribution in [0.4, 0.5) is 5.00 Å². The second-order valence-corrected chi connectivity index (χ2v) is 8.69. The van der Waals surface area contributed by atoms with E-state index in [-0.39, 0.29) is 11.8 Å². The lowest BCUT2D eigenvalue weighted by Gasteiger charge is -2.17. The molecule has 1 atom stereocenters. The monoisotopic (exact) mass is 337 g/mol. The molecule has 2 N–H and O–H groups in total. The molecule has 0 aromatic carbocycles. The molecule has 0 saturated carbocycles. The zero-order valence-corrected chi connectivity index (χ0v) is 15.5. The Labute approximate surface area is 142 Å². The molecule has 1 fully saturated rings. The van der Waals surface area contributed by atoms with Gasteiger partial charge in [0, 0.05) is 23.4 Å². The highest BCUT2D eigenvalue weighted by atomic mass is 32.1. The van der Waals surface area contributed by atoms with Gasteiger partial charge in [0.1, 0.15) is 5.00 Å². The van der Waals surface area contributed by atoms with Crippen molar-refractivity contribution in [2.45, 2.75) is 34.1 Å². The predicted molar refractivity (Wildman–Crippen MR) is 95.1 cm³/mol. The molecule has 1 saturated heterocycles. The predicted octanol–water partition coefficient (Wildman–Crippen LogP) is 2.72. The summed E-state index contributed by atoms with van der Waals surface area (Å²) in [6, 6.07) is 1.85. The third-order valence-electron chi connectivity index (χ3n) is 4.05. The Morgan fingerprint density at radius 1 is 1.39 bits per heavy atom. The summed E-state index contributed by atoms with van der Waals surface area (Å²) in [5.74, 6) is 0.329. The summed E-state index contributed by atoms with van der Waals surface area (Å²) in [4.78, 5) is 28.0. The quantitative estimate of drug-likeness (QED) is 0.888. The molecule has 2 rings (SSSR count). The summed E-state index contributed by atoms with van der Waals surface area (Å²) >= 11 is 1.44. The van der Waals surface area contributed by atoms with E-state index in [1.807, 2.05) is 33.8 Å². The van der Waals surface area contributed by atoms with Crippen LogP contribution in [0.2, 0.25) is 0 Å². The number of rotatable bonds is 4. The maximum Gasteiger partial charge on any atom is 0.254 e. The molecule has 1 aliphatic rings. The van der Waals surface area contributed by atoms with E-state index < -0.39 is 5.41 Å². The van der Waals surface area contributed by atoms with E-state index in [2.05, 4.69) is 22.6 Å². The number of amides is 2. The van der Waals surface area contributed by atoms with Gasteiger partial charge in [0.15, 0.2) is 0 Å². The molecule has 2 heterocycles. The standard InChI is InChI=1S/C17H27N3O2S/c1-11-8-13(15(23-11)19-16(22)17(2,3)4)14(21)18-9-12-6-7-20(5)10-12/h8,12H,6-7,9-10H2,1-5H3,(H,18,21)(H,19,22)/t12-/m1/s1. The van der Waals surface area contributed by atoms with Gasteiger partial charge in [-0.1, -0.05) is 20.8 Å². The minimum atomic E-state index is -0.486. The molecule has 23 heavy (non-hydrogen) atoms. The molecule has 5 nitrogen and oxygen atoms in total. The van der Waals surface area contributed by atoms with Crippen LogP contribution in [0.1, 0.15) is 42.4 Å². The van der Waals surface area contributed by atoms with Crippen molar-refractivity contribution >= 4 is 28.2 Å². The van der Waals surface area contributed by atoms with Crippen LogP contribution in [0.5, 0.6) is 0 Å². The Kier molecular flexibility index (Phi) is 5.47. The lowest BCUT2D eigenvalue weighted by molar-refractivity contribution is -0.123. The van der Waals surface area contributed by atoms with Crippen LogP contribution in [0.25, 0.3) is 0 Å². The number of likely N-dealkylation sites (tertiary alicyclic amines) is 1. The van der Waals surface area contributed by atoms with Crippen LogP contribution in [-0.2, 0) is 4.79 Å². The number of anilines is 1. The lowest BCUT2D eigenvalue weighted by Crippen LogP contribution is -2.32. The topological polar surface area (TPSA) is 61.4 Å². The van der Waals surface area contributed by atoms with E-state index in [0.717, 1.165) is 24.4 Å². The van der Waals surface area contributed by atoms with Crippen LogP contribution in [0.3, 0.4) is 0 Å². The normalized spacial score (nSPS) is 18.9. The Hall–Kier alpha value is -1.40. The molecule has 0 spiro atoms. The van der Waals surface area contributed by atoms with Gasteiger partial charge < -0.3 is 15.5 Å². The summed E-state index contributed by atoms with van der Waals surface area (Å²) in [6.45, 7) is 10.3. The Morgan fingerprint density at radius 3 is 2.65 bits per heavy atom. The molecule has 0 aliphatic carbocycles. The zero-order chi connectivity index (χ0) is 17.2. The zero-order valence-electron chi connectivity index (χ0n) is 14.7. The van der Waals surface area contributed by atoms with Gasteiger partial charge in [0.25, 0.3) is 5.91 Å². The molecule has 128 valence electrons. The smallest absolute Gasteiger partial charge is 0.254 e. The molecule has 1 aromatic heterocycles. The Balaban J connectivity index is 2.01. The minimum Gasteiger partial charge on any atom is -0.352 e. The summed E-state index contributed by atoms with van der Waals surface area (Å²) in [5.41, 5.74) is 0.0801. The molecular formula is C17H27N3O2S. The van der Waals surface area contributed by atoms with Crippen molar-refractivity contribution in [3.63, 3.8) is 0 Å². The molecule has 0 unspecified atom stereocenters. The van der Waals surface area contributed by atoms with E-state index in [1.165, 1.54) is 11.3 Å². The van der Waals surface area contributed by atoms with Crippen molar-refractivity contribution in [1.29, 1.82) is 0 Å². The summed E-state index contributed by atoms with van der Waals surface area (Å²) in [7, 11) is 2.10. The van der Waals surface area contributed by atoms with Gasteiger partial charge in [-0.25, -0.2) is 0 Å². The number of nitrogens with one attached hydrogen (secondary N) is 2. The number of aryl methyl sites for hydroxylation is 1. The van der Waals surface area contributed by atoms with E-state index in [4.69, 9.17) is 0 Å². The fourth-order valence-electron chi connectivity index (χ4n) is 2.59. The lowest BCUT2D eigenvalue weighted by atomic mass is 9.96. The second kappa shape index (κ2) is 7.01. The number of hydrogen-bond donors (Lipinski definition) is 2. The van der Waals surface area contributed by atoms with Crippen LogP contribution >= 0.6 is 11.3 Å². The first-order valence-corrected chi connectivity index (χ1v) is 8.87. The highest BCUT2D eigenvalue weighted by molar-refractivity contribution is 7.16. The van der Waals surface area contributed by atoms with Gasteiger partial charge in [-0.2, -0.15) is 0 Å². The molecule has 2 amide bonds. The van der Waals surface area contributed by atoms with Crippen molar-refractivity contribution < 1.29 is 9.59 Å². The van der Waals surface area contributed by atoms with Gasteiger partial charge in [-0.05, 0) is 38.9 Å². The maximum absolute atomic E-state index is 12.5.